The molecule has 1 saturated heterocycles. The van der Waals surface area contributed by atoms with E-state index in [4.69, 9.17) is 11.6 Å². The second kappa shape index (κ2) is 6.51. The number of nitrogens with one attached hydrogen (secondary N) is 2. The van der Waals surface area contributed by atoms with Crippen LogP contribution in [0, 0.1) is 0 Å². The molecule has 1 aliphatic heterocycles. The molecule has 1 aromatic heterocycles. The van der Waals surface area contributed by atoms with E-state index >= 15 is 0 Å². The fraction of sp³-hybridized carbons (Fsp3) is 0.636. The van der Waals surface area contributed by atoms with Gasteiger partial charge in [0.1, 0.15) is 0 Å². The van der Waals surface area contributed by atoms with Crippen molar-refractivity contribution in [3.8, 4) is 0 Å². The molecule has 19 heavy (non-hydrogen) atoms. The third kappa shape index (κ3) is 3.92. The molecule has 1 aliphatic rings. The number of amides is 1. The number of halogens is 1. The van der Waals surface area contributed by atoms with Gasteiger partial charge < -0.3 is 15.5 Å². The van der Waals surface area contributed by atoms with Gasteiger partial charge in [0.05, 0.1) is 6.54 Å². The van der Waals surface area contributed by atoms with Crippen LogP contribution in [0.2, 0.25) is 5.28 Å². The fourth-order valence-corrected chi connectivity index (χ4v) is 1.93. The first-order valence-electron chi connectivity index (χ1n) is 6.36. The predicted molar refractivity (Wildman–Crippen MR) is 73.5 cm³/mol. The molecule has 8 heteroatoms. The number of anilines is 2. The lowest BCUT2D eigenvalue weighted by atomic mass is 10.4. The molecule has 0 spiro atoms. The third-order valence-electron chi connectivity index (χ3n) is 2.67. The van der Waals surface area contributed by atoms with E-state index in [1.54, 1.807) is 0 Å². The van der Waals surface area contributed by atoms with Crippen LogP contribution in [0.4, 0.5) is 11.9 Å². The molecule has 0 atom stereocenters. The first-order chi connectivity index (χ1) is 9.19. The van der Waals surface area contributed by atoms with Crippen LogP contribution in [-0.4, -0.2) is 47.0 Å². The summed E-state index contributed by atoms with van der Waals surface area (Å²) in [6.45, 7) is 4.45. The summed E-state index contributed by atoms with van der Waals surface area (Å²) in [5.74, 6) is 0.856. The van der Waals surface area contributed by atoms with Gasteiger partial charge in [-0.25, -0.2) is 0 Å². The van der Waals surface area contributed by atoms with E-state index in [1.807, 2.05) is 4.90 Å². The second-order valence-corrected chi connectivity index (χ2v) is 4.62. The SMILES string of the molecule is CCCNc1nc(Cl)nc(N2CCCNC(=O)C2)n1. The monoisotopic (exact) mass is 284 g/mol. The predicted octanol–water partition coefficient (Wildman–Crippen LogP) is 0.673. The highest BCUT2D eigenvalue weighted by Gasteiger charge is 2.18. The number of carbonyl (C=O) groups is 1. The second-order valence-electron chi connectivity index (χ2n) is 4.28. The molecule has 0 aromatic carbocycles. The Bertz CT molecular complexity index is 455. The zero-order valence-electron chi connectivity index (χ0n) is 10.8. The fourth-order valence-electron chi connectivity index (χ4n) is 1.77. The molecule has 0 unspecified atom stereocenters. The molecular formula is C11H17ClN6O. The number of rotatable bonds is 4. The normalized spacial score (nSPS) is 15.9. The van der Waals surface area contributed by atoms with E-state index in [9.17, 15) is 4.79 Å². The van der Waals surface area contributed by atoms with Crippen LogP contribution in [0.3, 0.4) is 0 Å². The highest BCUT2D eigenvalue weighted by atomic mass is 35.5. The lowest BCUT2D eigenvalue weighted by molar-refractivity contribution is -0.119. The highest BCUT2D eigenvalue weighted by molar-refractivity contribution is 6.28. The Kier molecular flexibility index (Phi) is 4.73. The van der Waals surface area contributed by atoms with Crippen LogP contribution < -0.4 is 15.5 Å². The number of carbonyl (C=O) groups excluding carboxylic acids is 1. The van der Waals surface area contributed by atoms with Crippen LogP contribution in [0.25, 0.3) is 0 Å². The summed E-state index contributed by atoms with van der Waals surface area (Å²) in [7, 11) is 0. The van der Waals surface area contributed by atoms with Crippen molar-refractivity contribution in [3.63, 3.8) is 0 Å². The zero-order chi connectivity index (χ0) is 13.7. The number of nitrogens with zero attached hydrogens (tertiary/aromatic N) is 4. The molecule has 0 saturated carbocycles. The van der Waals surface area contributed by atoms with Gasteiger partial charge in [0.25, 0.3) is 0 Å². The Morgan fingerprint density at radius 2 is 2.26 bits per heavy atom. The maximum atomic E-state index is 11.5. The van der Waals surface area contributed by atoms with Gasteiger partial charge in [-0.15, -0.1) is 0 Å². The van der Waals surface area contributed by atoms with E-state index < -0.39 is 0 Å². The van der Waals surface area contributed by atoms with Gasteiger partial charge in [0.15, 0.2) is 0 Å². The lowest BCUT2D eigenvalue weighted by Crippen LogP contribution is -2.34. The summed E-state index contributed by atoms with van der Waals surface area (Å²) in [5.41, 5.74) is 0. The number of hydrogen-bond acceptors (Lipinski definition) is 6. The van der Waals surface area contributed by atoms with E-state index in [0.29, 0.717) is 25.0 Å². The van der Waals surface area contributed by atoms with Crippen LogP contribution in [0.15, 0.2) is 0 Å². The smallest absolute Gasteiger partial charge is 0.239 e. The molecule has 0 radical (unpaired) electrons. The molecule has 2 heterocycles. The Labute approximate surface area is 116 Å². The minimum atomic E-state index is -0.0305. The van der Waals surface area contributed by atoms with Crippen LogP contribution in [0.5, 0.6) is 0 Å². The van der Waals surface area contributed by atoms with Crippen molar-refractivity contribution >= 4 is 29.4 Å². The molecule has 0 bridgehead atoms. The average Bonchev–Trinajstić information content (AvgIpc) is 2.60. The summed E-state index contributed by atoms with van der Waals surface area (Å²) in [6.07, 6.45) is 1.82. The van der Waals surface area contributed by atoms with Gasteiger partial charge in [0, 0.05) is 19.6 Å². The van der Waals surface area contributed by atoms with Crippen molar-refractivity contribution in [2.24, 2.45) is 0 Å². The molecular weight excluding hydrogens is 268 g/mol. The van der Waals surface area contributed by atoms with Crippen molar-refractivity contribution in [1.82, 2.24) is 20.3 Å². The summed E-state index contributed by atoms with van der Waals surface area (Å²) >= 11 is 5.90. The van der Waals surface area contributed by atoms with Gasteiger partial charge in [-0.3, -0.25) is 4.79 Å². The van der Waals surface area contributed by atoms with E-state index in [-0.39, 0.29) is 17.7 Å². The number of aromatic nitrogens is 3. The lowest BCUT2D eigenvalue weighted by Gasteiger charge is -2.19. The Morgan fingerprint density at radius 3 is 3.05 bits per heavy atom. The summed E-state index contributed by atoms with van der Waals surface area (Å²) in [4.78, 5) is 25.8. The maximum absolute atomic E-state index is 11.5. The van der Waals surface area contributed by atoms with Crippen molar-refractivity contribution < 1.29 is 4.79 Å². The summed E-state index contributed by atoms with van der Waals surface area (Å²) in [5, 5.41) is 6.01. The van der Waals surface area contributed by atoms with E-state index in [0.717, 1.165) is 19.4 Å². The Hall–Kier alpha value is -1.63. The maximum Gasteiger partial charge on any atom is 0.239 e. The first kappa shape index (κ1) is 13.8. The van der Waals surface area contributed by atoms with Crippen molar-refractivity contribution in [2.45, 2.75) is 19.8 Å². The molecule has 2 rings (SSSR count). The van der Waals surface area contributed by atoms with Gasteiger partial charge >= 0.3 is 0 Å². The summed E-state index contributed by atoms with van der Waals surface area (Å²) in [6, 6.07) is 0. The molecule has 1 fully saturated rings. The van der Waals surface area contributed by atoms with Gasteiger partial charge in [-0.05, 0) is 24.4 Å². The Balaban J connectivity index is 2.17. The minimum Gasteiger partial charge on any atom is -0.354 e. The molecule has 2 N–H and O–H groups in total. The van der Waals surface area contributed by atoms with E-state index in [1.165, 1.54) is 0 Å². The molecule has 7 nitrogen and oxygen atoms in total. The van der Waals surface area contributed by atoms with Gasteiger partial charge in [-0.2, -0.15) is 15.0 Å². The summed E-state index contributed by atoms with van der Waals surface area (Å²) < 4.78 is 0. The quantitative estimate of drug-likeness (QED) is 0.846. The Morgan fingerprint density at radius 1 is 1.42 bits per heavy atom. The third-order valence-corrected chi connectivity index (χ3v) is 2.84. The average molecular weight is 285 g/mol. The molecule has 0 aliphatic carbocycles. The van der Waals surface area contributed by atoms with E-state index in [2.05, 4.69) is 32.5 Å². The van der Waals surface area contributed by atoms with Crippen LogP contribution in [0.1, 0.15) is 19.8 Å². The zero-order valence-corrected chi connectivity index (χ0v) is 11.6. The van der Waals surface area contributed by atoms with Gasteiger partial charge in [0.2, 0.25) is 23.1 Å². The highest BCUT2D eigenvalue weighted by Crippen LogP contribution is 2.14. The number of hydrogen-bond donors (Lipinski definition) is 2. The van der Waals surface area contributed by atoms with Crippen molar-refractivity contribution in [1.29, 1.82) is 0 Å². The standard InChI is InChI=1S/C11H17ClN6O/c1-2-4-14-10-15-9(12)16-11(17-10)18-6-3-5-13-8(19)7-18/h2-7H2,1H3,(H,13,19)(H,14,15,16,17). The van der Waals surface area contributed by atoms with Crippen molar-refractivity contribution in [3.05, 3.63) is 5.28 Å². The van der Waals surface area contributed by atoms with Crippen LogP contribution in [-0.2, 0) is 4.79 Å². The minimum absolute atomic E-state index is 0.0305. The molecule has 1 aromatic rings. The first-order valence-corrected chi connectivity index (χ1v) is 6.74. The molecule has 1 amide bonds. The topological polar surface area (TPSA) is 83.0 Å². The van der Waals surface area contributed by atoms with Gasteiger partial charge in [-0.1, -0.05) is 6.92 Å². The van der Waals surface area contributed by atoms with Crippen molar-refractivity contribution in [2.75, 3.05) is 36.4 Å². The molecule has 104 valence electrons. The largest absolute Gasteiger partial charge is 0.354 e. The van der Waals surface area contributed by atoms with Crippen LogP contribution >= 0.6 is 11.6 Å².